The molecule has 0 radical (unpaired) electrons. The quantitative estimate of drug-likeness (QED) is 0.837. The molecule has 0 atom stereocenters. The Bertz CT molecular complexity index is 459. The van der Waals surface area contributed by atoms with Gasteiger partial charge >= 0.3 is 0 Å². The van der Waals surface area contributed by atoms with Crippen molar-refractivity contribution in [1.29, 1.82) is 0 Å². The van der Waals surface area contributed by atoms with Gasteiger partial charge in [0.1, 0.15) is 0 Å². The molecule has 0 saturated heterocycles. The minimum Gasteiger partial charge on any atom is -0.421 e. The number of aromatic nitrogens is 2. The van der Waals surface area contributed by atoms with Gasteiger partial charge in [0.25, 0.3) is 0 Å². The molecular weight excluding hydrogens is 256 g/mol. The first-order chi connectivity index (χ1) is 7.19. The first-order valence-corrected chi connectivity index (χ1v) is 5.58. The van der Waals surface area contributed by atoms with Gasteiger partial charge in [-0.2, -0.15) is 0 Å². The van der Waals surface area contributed by atoms with Crippen LogP contribution < -0.4 is 0 Å². The van der Waals surface area contributed by atoms with E-state index in [9.17, 15) is 0 Å². The van der Waals surface area contributed by atoms with E-state index in [2.05, 4.69) is 26.1 Å². The summed E-state index contributed by atoms with van der Waals surface area (Å²) in [4.78, 5) is 0. The van der Waals surface area contributed by atoms with E-state index in [4.69, 9.17) is 4.42 Å². The lowest BCUT2D eigenvalue weighted by atomic mass is 10.1. The zero-order valence-electron chi connectivity index (χ0n) is 8.62. The highest BCUT2D eigenvalue weighted by molar-refractivity contribution is 9.10. The summed E-state index contributed by atoms with van der Waals surface area (Å²) in [6, 6.07) is 6.04. The van der Waals surface area contributed by atoms with Crippen LogP contribution in [-0.2, 0) is 6.42 Å². The lowest BCUT2D eigenvalue weighted by Crippen LogP contribution is -1.80. The monoisotopic (exact) mass is 266 g/mol. The SMILES string of the molecule is CCc1nnc(-c2cc(C)cc(Br)c2)o1. The van der Waals surface area contributed by atoms with Crippen LogP contribution in [0.5, 0.6) is 0 Å². The molecule has 0 amide bonds. The molecule has 2 rings (SSSR count). The topological polar surface area (TPSA) is 38.9 Å². The Morgan fingerprint density at radius 3 is 2.67 bits per heavy atom. The minimum absolute atomic E-state index is 0.580. The van der Waals surface area contributed by atoms with Crippen LogP contribution in [0.3, 0.4) is 0 Å². The maximum absolute atomic E-state index is 5.49. The number of hydrogen-bond donors (Lipinski definition) is 0. The first-order valence-electron chi connectivity index (χ1n) is 4.79. The van der Waals surface area contributed by atoms with Crippen molar-refractivity contribution in [3.63, 3.8) is 0 Å². The van der Waals surface area contributed by atoms with Crippen molar-refractivity contribution >= 4 is 15.9 Å². The number of hydrogen-bond acceptors (Lipinski definition) is 3. The van der Waals surface area contributed by atoms with Gasteiger partial charge in [-0.3, -0.25) is 0 Å². The molecule has 15 heavy (non-hydrogen) atoms. The van der Waals surface area contributed by atoms with Crippen molar-refractivity contribution in [2.24, 2.45) is 0 Å². The van der Waals surface area contributed by atoms with E-state index in [1.54, 1.807) is 0 Å². The number of nitrogens with zero attached hydrogens (tertiary/aromatic N) is 2. The molecular formula is C11H11BrN2O. The second-order valence-electron chi connectivity index (χ2n) is 3.37. The summed E-state index contributed by atoms with van der Waals surface area (Å²) in [5.74, 6) is 1.25. The van der Waals surface area contributed by atoms with Crippen LogP contribution in [-0.4, -0.2) is 10.2 Å². The van der Waals surface area contributed by atoms with Gasteiger partial charge in [-0.15, -0.1) is 10.2 Å². The molecule has 1 heterocycles. The number of rotatable bonds is 2. The second kappa shape index (κ2) is 4.14. The van der Waals surface area contributed by atoms with Crippen molar-refractivity contribution < 1.29 is 4.42 Å². The second-order valence-corrected chi connectivity index (χ2v) is 4.29. The van der Waals surface area contributed by atoms with Gasteiger partial charge in [-0.1, -0.05) is 22.9 Å². The summed E-state index contributed by atoms with van der Waals surface area (Å²) in [6.45, 7) is 4.02. The molecule has 0 fully saturated rings. The molecule has 78 valence electrons. The van der Waals surface area contributed by atoms with Crippen molar-refractivity contribution in [1.82, 2.24) is 10.2 Å². The molecule has 1 aromatic carbocycles. The Balaban J connectivity index is 2.44. The highest BCUT2D eigenvalue weighted by Crippen LogP contribution is 2.23. The third kappa shape index (κ3) is 2.26. The fourth-order valence-electron chi connectivity index (χ4n) is 1.37. The van der Waals surface area contributed by atoms with Crippen LogP contribution in [0.25, 0.3) is 11.5 Å². The molecule has 4 heteroatoms. The zero-order chi connectivity index (χ0) is 10.8. The molecule has 0 N–H and O–H groups in total. The number of halogens is 1. The highest BCUT2D eigenvalue weighted by Gasteiger charge is 2.07. The number of benzene rings is 1. The molecule has 0 spiro atoms. The normalized spacial score (nSPS) is 10.6. The van der Waals surface area contributed by atoms with E-state index in [-0.39, 0.29) is 0 Å². The van der Waals surface area contributed by atoms with Crippen molar-refractivity contribution in [2.45, 2.75) is 20.3 Å². The van der Waals surface area contributed by atoms with Gasteiger partial charge in [0.15, 0.2) is 0 Å². The minimum atomic E-state index is 0.580. The van der Waals surface area contributed by atoms with E-state index in [1.165, 1.54) is 0 Å². The molecule has 2 aromatic rings. The maximum Gasteiger partial charge on any atom is 0.247 e. The average molecular weight is 267 g/mol. The van der Waals surface area contributed by atoms with Crippen LogP contribution in [0.15, 0.2) is 27.1 Å². The largest absolute Gasteiger partial charge is 0.421 e. The van der Waals surface area contributed by atoms with Crippen LogP contribution in [0.1, 0.15) is 18.4 Å². The Hall–Kier alpha value is -1.16. The van der Waals surface area contributed by atoms with Crippen LogP contribution >= 0.6 is 15.9 Å². The third-order valence-electron chi connectivity index (χ3n) is 2.06. The fourth-order valence-corrected chi connectivity index (χ4v) is 1.98. The van der Waals surface area contributed by atoms with Crippen molar-refractivity contribution in [3.05, 3.63) is 34.1 Å². The lowest BCUT2D eigenvalue weighted by Gasteiger charge is -1.98. The third-order valence-corrected chi connectivity index (χ3v) is 2.52. The Labute approximate surface area is 96.7 Å². The fraction of sp³-hybridized carbons (Fsp3) is 0.273. The molecule has 1 aromatic heterocycles. The molecule has 3 nitrogen and oxygen atoms in total. The van der Waals surface area contributed by atoms with E-state index < -0.39 is 0 Å². The van der Waals surface area contributed by atoms with Crippen molar-refractivity contribution in [3.8, 4) is 11.5 Å². The van der Waals surface area contributed by atoms with E-state index in [0.29, 0.717) is 11.8 Å². The Morgan fingerprint density at radius 1 is 1.27 bits per heavy atom. The van der Waals surface area contributed by atoms with Gasteiger partial charge in [0, 0.05) is 16.5 Å². The summed E-state index contributed by atoms with van der Waals surface area (Å²) < 4.78 is 6.51. The van der Waals surface area contributed by atoms with E-state index >= 15 is 0 Å². The predicted molar refractivity (Wildman–Crippen MR) is 61.5 cm³/mol. The summed E-state index contributed by atoms with van der Waals surface area (Å²) >= 11 is 3.44. The summed E-state index contributed by atoms with van der Waals surface area (Å²) in [6.07, 6.45) is 0.764. The van der Waals surface area contributed by atoms with Gasteiger partial charge < -0.3 is 4.42 Å². The van der Waals surface area contributed by atoms with Gasteiger partial charge in [0.05, 0.1) is 0 Å². The molecule has 0 unspecified atom stereocenters. The summed E-state index contributed by atoms with van der Waals surface area (Å²) in [5.41, 5.74) is 2.12. The van der Waals surface area contributed by atoms with E-state index in [0.717, 1.165) is 22.0 Å². The Kier molecular flexibility index (Phi) is 2.86. The maximum atomic E-state index is 5.49. The molecule has 0 aliphatic heterocycles. The highest BCUT2D eigenvalue weighted by atomic mass is 79.9. The number of aryl methyl sites for hydroxylation is 2. The van der Waals surface area contributed by atoms with Crippen LogP contribution in [0.2, 0.25) is 0 Å². The molecule has 0 bridgehead atoms. The lowest BCUT2D eigenvalue weighted by molar-refractivity contribution is 0.513. The predicted octanol–water partition coefficient (Wildman–Crippen LogP) is 3.37. The van der Waals surface area contributed by atoms with Gasteiger partial charge in [0.2, 0.25) is 11.8 Å². The average Bonchev–Trinajstić information content (AvgIpc) is 2.64. The van der Waals surface area contributed by atoms with Crippen LogP contribution in [0.4, 0.5) is 0 Å². The molecule has 0 aliphatic rings. The van der Waals surface area contributed by atoms with Gasteiger partial charge in [-0.05, 0) is 30.7 Å². The van der Waals surface area contributed by atoms with Gasteiger partial charge in [-0.25, -0.2) is 0 Å². The molecule has 0 saturated carbocycles. The summed E-state index contributed by atoms with van der Waals surface area (Å²) in [7, 11) is 0. The standard InChI is InChI=1S/C11H11BrN2O/c1-3-10-13-14-11(15-10)8-4-7(2)5-9(12)6-8/h4-6H,3H2,1-2H3. The van der Waals surface area contributed by atoms with Crippen LogP contribution in [0, 0.1) is 6.92 Å². The first kappa shape index (κ1) is 10.4. The zero-order valence-corrected chi connectivity index (χ0v) is 10.2. The smallest absolute Gasteiger partial charge is 0.247 e. The summed E-state index contributed by atoms with van der Waals surface area (Å²) in [5, 5.41) is 7.94. The molecule has 0 aliphatic carbocycles. The van der Waals surface area contributed by atoms with Crippen molar-refractivity contribution in [2.75, 3.05) is 0 Å². The van der Waals surface area contributed by atoms with E-state index in [1.807, 2.05) is 32.0 Å². The Morgan fingerprint density at radius 2 is 2.07 bits per heavy atom.